The molecule has 0 radical (unpaired) electrons. The predicted molar refractivity (Wildman–Crippen MR) is 74.9 cm³/mol. The second-order valence-corrected chi connectivity index (χ2v) is 5.81. The van der Waals surface area contributed by atoms with E-state index in [1.807, 2.05) is 0 Å². The molecule has 0 atom stereocenters. The molecule has 0 aromatic heterocycles. The summed E-state index contributed by atoms with van der Waals surface area (Å²) in [6.07, 6.45) is 6.08. The zero-order valence-electron chi connectivity index (χ0n) is 12.5. The summed E-state index contributed by atoms with van der Waals surface area (Å²) in [5.41, 5.74) is -1.03. The summed E-state index contributed by atoms with van der Waals surface area (Å²) in [5, 5.41) is 0. The number of hydrogen-bond donors (Lipinski definition) is 0. The van der Waals surface area contributed by atoms with Gasteiger partial charge in [-0.25, -0.2) is 0 Å². The molecule has 0 bridgehead atoms. The van der Waals surface area contributed by atoms with Crippen molar-refractivity contribution in [3.8, 4) is 0 Å². The van der Waals surface area contributed by atoms with E-state index in [0.29, 0.717) is 13.2 Å². The molecule has 0 aromatic rings. The molecule has 0 N–H and O–H groups in total. The van der Waals surface area contributed by atoms with E-state index in [4.69, 9.17) is 4.74 Å². The van der Waals surface area contributed by atoms with Gasteiger partial charge in [0, 0.05) is 0 Å². The fourth-order valence-electron chi connectivity index (χ4n) is 2.30. The standard InChI is InChI=1S/C15H27NO3/c1-4-19-14(18)15(2,3)13(17)12-16-10-8-6-5-7-9-11-16/h4-12H2,1-3H3. The minimum atomic E-state index is -1.03. The van der Waals surface area contributed by atoms with Crippen molar-refractivity contribution in [2.24, 2.45) is 5.41 Å². The number of carbonyl (C=O) groups is 2. The number of ketones is 1. The van der Waals surface area contributed by atoms with Crippen molar-refractivity contribution in [1.82, 2.24) is 4.90 Å². The second kappa shape index (κ2) is 7.63. The highest BCUT2D eigenvalue weighted by atomic mass is 16.5. The average molecular weight is 269 g/mol. The third-order valence-corrected chi connectivity index (χ3v) is 3.80. The zero-order valence-corrected chi connectivity index (χ0v) is 12.5. The molecule has 4 nitrogen and oxygen atoms in total. The van der Waals surface area contributed by atoms with Gasteiger partial charge in [-0.1, -0.05) is 19.3 Å². The summed E-state index contributed by atoms with van der Waals surface area (Å²) in [6, 6.07) is 0. The maximum Gasteiger partial charge on any atom is 0.319 e. The molecule has 19 heavy (non-hydrogen) atoms. The maximum absolute atomic E-state index is 12.3. The maximum atomic E-state index is 12.3. The minimum Gasteiger partial charge on any atom is -0.465 e. The molecule has 1 aliphatic rings. The summed E-state index contributed by atoms with van der Waals surface area (Å²) in [4.78, 5) is 26.3. The van der Waals surface area contributed by atoms with E-state index < -0.39 is 11.4 Å². The van der Waals surface area contributed by atoms with Crippen LogP contribution in [0.25, 0.3) is 0 Å². The van der Waals surface area contributed by atoms with Gasteiger partial charge in [-0.2, -0.15) is 0 Å². The third-order valence-electron chi connectivity index (χ3n) is 3.80. The fourth-order valence-corrected chi connectivity index (χ4v) is 2.30. The lowest BCUT2D eigenvalue weighted by molar-refractivity contribution is -0.158. The Morgan fingerprint density at radius 1 is 1.05 bits per heavy atom. The van der Waals surface area contributed by atoms with Crippen molar-refractivity contribution in [2.45, 2.75) is 52.9 Å². The first-order valence-corrected chi connectivity index (χ1v) is 7.41. The molecule has 4 heteroatoms. The molecule has 1 heterocycles. The number of nitrogens with zero attached hydrogens (tertiary/aromatic N) is 1. The molecule has 0 amide bonds. The van der Waals surface area contributed by atoms with Gasteiger partial charge in [-0.3, -0.25) is 14.5 Å². The quantitative estimate of drug-likeness (QED) is 0.568. The highest BCUT2D eigenvalue weighted by molar-refractivity contribution is 6.03. The van der Waals surface area contributed by atoms with Crippen LogP contribution in [0.3, 0.4) is 0 Å². The SMILES string of the molecule is CCOC(=O)C(C)(C)C(=O)CN1CCCCCCC1. The molecule has 0 aromatic carbocycles. The Bertz CT molecular complexity index is 305. The van der Waals surface area contributed by atoms with E-state index in [-0.39, 0.29) is 5.78 Å². The Balaban J connectivity index is 2.53. The van der Waals surface area contributed by atoms with Crippen molar-refractivity contribution in [1.29, 1.82) is 0 Å². The topological polar surface area (TPSA) is 46.6 Å². The van der Waals surface area contributed by atoms with E-state index in [1.54, 1.807) is 20.8 Å². The van der Waals surface area contributed by atoms with E-state index in [1.165, 1.54) is 19.3 Å². The minimum absolute atomic E-state index is 0.0356. The summed E-state index contributed by atoms with van der Waals surface area (Å²) < 4.78 is 4.98. The largest absolute Gasteiger partial charge is 0.465 e. The molecular formula is C15H27NO3. The molecule has 0 unspecified atom stereocenters. The number of esters is 1. The molecule has 0 saturated carbocycles. The number of rotatable bonds is 5. The number of carbonyl (C=O) groups excluding carboxylic acids is 2. The van der Waals surface area contributed by atoms with Crippen LogP contribution in [0.2, 0.25) is 0 Å². The molecule has 1 fully saturated rings. The van der Waals surface area contributed by atoms with Gasteiger partial charge in [0.15, 0.2) is 5.78 Å². The number of ether oxygens (including phenoxy) is 1. The molecular weight excluding hydrogens is 242 g/mol. The van der Waals surface area contributed by atoms with E-state index in [9.17, 15) is 9.59 Å². The van der Waals surface area contributed by atoms with Gasteiger partial charge >= 0.3 is 5.97 Å². The van der Waals surface area contributed by atoms with Crippen LogP contribution in [0.1, 0.15) is 52.9 Å². The highest BCUT2D eigenvalue weighted by Crippen LogP contribution is 2.20. The summed E-state index contributed by atoms with van der Waals surface area (Å²) in [6.45, 7) is 7.70. The lowest BCUT2D eigenvalue weighted by Crippen LogP contribution is -2.43. The molecule has 1 saturated heterocycles. The fraction of sp³-hybridized carbons (Fsp3) is 0.867. The Kier molecular flexibility index (Phi) is 6.49. The van der Waals surface area contributed by atoms with Crippen molar-refractivity contribution < 1.29 is 14.3 Å². The Labute approximate surface area is 116 Å². The van der Waals surface area contributed by atoms with Gasteiger partial charge in [-0.15, -0.1) is 0 Å². The van der Waals surface area contributed by atoms with Crippen LogP contribution in [0.15, 0.2) is 0 Å². The second-order valence-electron chi connectivity index (χ2n) is 5.81. The number of Topliss-reactive ketones (excluding diaryl/α,β-unsaturated/α-hetero) is 1. The van der Waals surface area contributed by atoms with E-state index in [2.05, 4.69) is 4.90 Å². The lowest BCUT2D eigenvalue weighted by Gasteiger charge is -2.28. The van der Waals surface area contributed by atoms with Crippen molar-refractivity contribution in [3.63, 3.8) is 0 Å². The molecule has 1 aliphatic heterocycles. The number of likely N-dealkylation sites (tertiary alicyclic amines) is 1. The monoisotopic (exact) mass is 269 g/mol. The Hall–Kier alpha value is -0.900. The first-order chi connectivity index (χ1) is 8.98. The van der Waals surface area contributed by atoms with Gasteiger partial charge in [0.05, 0.1) is 13.2 Å². The van der Waals surface area contributed by atoms with Gasteiger partial charge in [-0.05, 0) is 46.7 Å². The summed E-state index contributed by atoms with van der Waals surface area (Å²) >= 11 is 0. The van der Waals surface area contributed by atoms with Crippen molar-refractivity contribution >= 4 is 11.8 Å². The molecule has 0 aliphatic carbocycles. The summed E-state index contributed by atoms with van der Waals surface area (Å²) in [5.74, 6) is -0.446. The van der Waals surface area contributed by atoms with E-state index in [0.717, 1.165) is 25.9 Å². The number of hydrogen-bond acceptors (Lipinski definition) is 4. The molecule has 0 spiro atoms. The van der Waals surface area contributed by atoms with Crippen molar-refractivity contribution in [3.05, 3.63) is 0 Å². The Morgan fingerprint density at radius 3 is 2.11 bits per heavy atom. The van der Waals surface area contributed by atoms with E-state index >= 15 is 0 Å². The van der Waals surface area contributed by atoms with Crippen LogP contribution < -0.4 is 0 Å². The Morgan fingerprint density at radius 2 is 1.58 bits per heavy atom. The van der Waals surface area contributed by atoms with Gasteiger partial charge < -0.3 is 4.74 Å². The van der Waals surface area contributed by atoms with Gasteiger partial charge in [0.2, 0.25) is 0 Å². The van der Waals surface area contributed by atoms with Crippen LogP contribution >= 0.6 is 0 Å². The van der Waals surface area contributed by atoms with Gasteiger partial charge in [0.25, 0.3) is 0 Å². The van der Waals surface area contributed by atoms with Crippen LogP contribution in [0.4, 0.5) is 0 Å². The average Bonchev–Trinajstić information content (AvgIpc) is 2.32. The lowest BCUT2D eigenvalue weighted by atomic mass is 9.87. The normalized spacial score (nSPS) is 18.5. The van der Waals surface area contributed by atoms with Crippen LogP contribution in [-0.2, 0) is 14.3 Å². The molecule has 110 valence electrons. The van der Waals surface area contributed by atoms with Gasteiger partial charge in [0.1, 0.15) is 5.41 Å². The highest BCUT2D eigenvalue weighted by Gasteiger charge is 2.37. The van der Waals surface area contributed by atoms with Crippen LogP contribution in [0, 0.1) is 5.41 Å². The zero-order chi connectivity index (χ0) is 14.3. The predicted octanol–water partition coefficient (Wildman–Crippen LogP) is 2.41. The summed E-state index contributed by atoms with van der Waals surface area (Å²) in [7, 11) is 0. The van der Waals surface area contributed by atoms with Crippen LogP contribution in [-0.4, -0.2) is 42.9 Å². The first-order valence-electron chi connectivity index (χ1n) is 7.41. The van der Waals surface area contributed by atoms with Crippen molar-refractivity contribution in [2.75, 3.05) is 26.2 Å². The molecule has 1 rings (SSSR count). The third kappa shape index (κ3) is 4.94. The van der Waals surface area contributed by atoms with Crippen LogP contribution in [0.5, 0.6) is 0 Å². The smallest absolute Gasteiger partial charge is 0.319 e. The first kappa shape index (κ1) is 16.2.